The molecular weight excluding hydrogens is 126 g/mol. The minimum atomic E-state index is -1.30. The molecule has 0 amide bonds. The van der Waals surface area contributed by atoms with E-state index in [0.29, 0.717) is 0 Å². The second-order valence-corrected chi connectivity index (χ2v) is 1.31. The molecule has 6 nitrogen and oxygen atoms in total. The lowest BCUT2D eigenvalue weighted by Gasteiger charge is -1.81. The molecule has 6 heteroatoms. The van der Waals surface area contributed by atoms with E-state index in [4.69, 9.17) is 10.2 Å². The molecule has 1 rings (SSSR count). The van der Waals surface area contributed by atoms with Crippen molar-refractivity contribution >= 4 is 5.97 Å². The van der Waals surface area contributed by atoms with Crippen molar-refractivity contribution in [2.75, 3.05) is 0 Å². The van der Waals surface area contributed by atoms with Crippen LogP contribution in [0.15, 0.2) is 0 Å². The first-order valence-electron chi connectivity index (χ1n) is 2.05. The van der Waals surface area contributed by atoms with Gasteiger partial charge in [-0.15, -0.1) is 5.10 Å². The van der Waals surface area contributed by atoms with E-state index in [1.807, 2.05) is 5.10 Å². The molecule has 1 aromatic rings. The van der Waals surface area contributed by atoms with Crippen LogP contribution < -0.4 is 0 Å². The number of hydrogen-bond donors (Lipinski definition) is 3. The highest BCUT2D eigenvalue weighted by Crippen LogP contribution is 2.05. The number of hydrogen-bond acceptors (Lipinski definition) is 4. The molecule has 0 atom stereocenters. The Morgan fingerprint density at radius 3 is 2.56 bits per heavy atom. The number of H-pyrrole nitrogens is 1. The van der Waals surface area contributed by atoms with Gasteiger partial charge in [0, 0.05) is 0 Å². The Kier molecular flexibility index (Phi) is 1.07. The molecule has 0 saturated heterocycles. The molecule has 0 aromatic carbocycles. The number of aromatic carboxylic acids is 1. The van der Waals surface area contributed by atoms with Gasteiger partial charge in [0.2, 0.25) is 11.6 Å². The number of nitrogens with one attached hydrogen (secondary N) is 1. The predicted molar refractivity (Wildman–Crippen MR) is 25.0 cm³/mol. The van der Waals surface area contributed by atoms with E-state index >= 15 is 0 Å². The fraction of sp³-hybridized carbons (Fsp3) is 0. The minimum Gasteiger partial charge on any atom is -0.492 e. The second kappa shape index (κ2) is 1.73. The fourth-order valence-corrected chi connectivity index (χ4v) is 0.367. The maximum Gasteiger partial charge on any atom is 0.362 e. The van der Waals surface area contributed by atoms with Gasteiger partial charge in [0.05, 0.1) is 0 Å². The monoisotopic (exact) mass is 129 g/mol. The molecule has 0 fully saturated rings. The van der Waals surface area contributed by atoms with E-state index in [1.54, 1.807) is 0 Å². The molecule has 0 aliphatic rings. The van der Waals surface area contributed by atoms with Crippen molar-refractivity contribution in [3.8, 4) is 5.88 Å². The lowest BCUT2D eigenvalue weighted by Crippen LogP contribution is -1.96. The van der Waals surface area contributed by atoms with Crippen LogP contribution >= 0.6 is 0 Å². The molecule has 3 N–H and O–H groups in total. The van der Waals surface area contributed by atoms with E-state index in [2.05, 4.69) is 10.3 Å². The van der Waals surface area contributed by atoms with Gasteiger partial charge < -0.3 is 10.2 Å². The molecule has 9 heavy (non-hydrogen) atoms. The summed E-state index contributed by atoms with van der Waals surface area (Å²) in [5, 5.41) is 24.8. The molecule has 0 aliphatic carbocycles. The molecule has 0 radical (unpaired) electrons. The lowest BCUT2D eigenvalue weighted by atomic mass is 10.5. The number of nitrogens with zero attached hydrogens (tertiary/aromatic N) is 2. The third-order valence-electron chi connectivity index (χ3n) is 0.733. The molecule has 1 heterocycles. The number of rotatable bonds is 1. The number of aromatic hydroxyl groups is 1. The molecular formula is C3H3N3O3. The van der Waals surface area contributed by atoms with Gasteiger partial charge in [-0.25, -0.2) is 9.89 Å². The summed E-state index contributed by atoms with van der Waals surface area (Å²) in [6.07, 6.45) is 0. The maximum absolute atomic E-state index is 10.0. The first kappa shape index (κ1) is 5.54. The topological polar surface area (TPSA) is 99.1 Å². The number of aromatic amines is 1. The molecule has 0 bridgehead atoms. The van der Waals surface area contributed by atoms with Crippen LogP contribution in [0.3, 0.4) is 0 Å². The van der Waals surface area contributed by atoms with Crippen LogP contribution in [-0.2, 0) is 0 Å². The van der Waals surface area contributed by atoms with Crippen molar-refractivity contribution in [1.29, 1.82) is 0 Å². The van der Waals surface area contributed by atoms with Crippen molar-refractivity contribution in [1.82, 2.24) is 15.4 Å². The van der Waals surface area contributed by atoms with E-state index in [-0.39, 0.29) is 0 Å². The SMILES string of the molecule is O=C(O)c1nn[nH]c1O. The molecule has 1 aromatic heterocycles. The van der Waals surface area contributed by atoms with Crippen LogP contribution in [0, 0.1) is 0 Å². The average Bonchev–Trinajstić information content (AvgIpc) is 2.13. The van der Waals surface area contributed by atoms with Crippen molar-refractivity contribution < 1.29 is 15.0 Å². The quantitative estimate of drug-likeness (QED) is 0.461. The Hall–Kier alpha value is -1.59. The van der Waals surface area contributed by atoms with Gasteiger partial charge in [0.15, 0.2) is 0 Å². The maximum atomic E-state index is 10.0. The Morgan fingerprint density at radius 1 is 1.67 bits per heavy atom. The summed E-state index contributed by atoms with van der Waals surface area (Å²) < 4.78 is 0. The largest absolute Gasteiger partial charge is 0.492 e. The first-order chi connectivity index (χ1) is 4.22. The summed E-state index contributed by atoms with van der Waals surface area (Å²) in [6, 6.07) is 0. The van der Waals surface area contributed by atoms with E-state index in [1.165, 1.54) is 0 Å². The lowest BCUT2D eigenvalue weighted by molar-refractivity contribution is 0.0687. The van der Waals surface area contributed by atoms with Crippen LogP contribution in [0.5, 0.6) is 5.88 Å². The zero-order valence-corrected chi connectivity index (χ0v) is 4.20. The van der Waals surface area contributed by atoms with Crippen molar-refractivity contribution in [2.24, 2.45) is 0 Å². The summed E-state index contributed by atoms with van der Waals surface area (Å²) in [5.74, 6) is -1.83. The van der Waals surface area contributed by atoms with Gasteiger partial charge in [0.1, 0.15) is 0 Å². The highest BCUT2D eigenvalue weighted by Gasteiger charge is 2.12. The predicted octanol–water partition coefficient (Wildman–Crippen LogP) is -0.792. The molecule has 48 valence electrons. The smallest absolute Gasteiger partial charge is 0.362 e. The molecule has 0 saturated carbocycles. The summed E-state index contributed by atoms with van der Waals surface area (Å²) in [6.45, 7) is 0. The number of aromatic nitrogens is 3. The number of carboxylic acids is 1. The summed E-state index contributed by atoms with van der Waals surface area (Å²) in [4.78, 5) is 10.0. The standard InChI is InChI=1S/C3H3N3O3/c7-2-1(3(8)9)4-6-5-2/h(H,8,9)(H2,4,5,6,7). The normalized spacial score (nSPS) is 9.33. The van der Waals surface area contributed by atoms with Gasteiger partial charge >= 0.3 is 5.97 Å². The van der Waals surface area contributed by atoms with Crippen LogP contribution in [0.25, 0.3) is 0 Å². The van der Waals surface area contributed by atoms with Gasteiger partial charge in [-0.2, -0.15) is 0 Å². The van der Waals surface area contributed by atoms with E-state index in [0.717, 1.165) is 0 Å². The molecule has 0 aliphatic heterocycles. The summed E-state index contributed by atoms with van der Waals surface area (Å²) in [5.41, 5.74) is -0.463. The Morgan fingerprint density at radius 2 is 2.33 bits per heavy atom. The summed E-state index contributed by atoms with van der Waals surface area (Å²) in [7, 11) is 0. The van der Waals surface area contributed by atoms with Crippen molar-refractivity contribution in [2.45, 2.75) is 0 Å². The number of carbonyl (C=O) groups is 1. The molecule has 0 unspecified atom stereocenters. The fourth-order valence-electron chi connectivity index (χ4n) is 0.367. The molecule has 0 spiro atoms. The van der Waals surface area contributed by atoms with Crippen molar-refractivity contribution in [3.63, 3.8) is 0 Å². The van der Waals surface area contributed by atoms with Gasteiger partial charge in [-0.05, 0) is 0 Å². The van der Waals surface area contributed by atoms with Gasteiger partial charge in [-0.3, -0.25) is 0 Å². The van der Waals surface area contributed by atoms with E-state index in [9.17, 15) is 4.79 Å². The third kappa shape index (κ3) is 0.809. The van der Waals surface area contributed by atoms with Crippen LogP contribution in [0.4, 0.5) is 0 Å². The number of carboxylic acid groups (broad SMARTS) is 1. The average molecular weight is 129 g/mol. The van der Waals surface area contributed by atoms with Gasteiger partial charge in [-0.1, -0.05) is 5.21 Å². The minimum absolute atomic E-state index is 0.463. The highest BCUT2D eigenvalue weighted by atomic mass is 16.4. The van der Waals surface area contributed by atoms with Crippen LogP contribution in [-0.4, -0.2) is 31.6 Å². The zero-order chi connectivity index (χ0) is 6.85. The summed E-state index contributed by atoms with van der Waals surface area (Å²) >= 11 is 0. The zero-order valence-electron chi connectivity index (χ0n) is 4.20. The van der Waals surface area contributed by atoms with Crippen molar-refractivity contribution in [3.05, 3.63) is 5.69 Å². The Labute approximate surface area is 49.1 Å². The third-order valence-corrected chi connectivity index (χ3v) is 0.733. The second-order valence-electron chi connectivity index (χ2n) is 1.31. The van der Waals surface area contributed by atoms with Gasteiger partial charge in [0.25, 0.3) is 0 Å². The Balaban J connectivity index is 3.08. The Bertz CT molecular complexity index is 230. The van der Waals surface area contributed by atoms with Crippen LogP contribution in [0.1, 0.15) is 10.5 Å². The first-order valence-corrected chi connectivity index (χ1v) is 2.05. The van der Waals surface area contributed by atoms with Crippen LogP contribution in [0.2, 0.25) is 0 Å². The highest BCUT2D eigenvalue weighted by molar-refractivity contribution is 5.87. The van der Waals surface area contributed by atoms with E-state index < -0.39 is 17.5 Å².